The fourth-order valence-corrected chi connectivity index (χ4v) is 6.45. The van der Waals surface area contributed by atoms with Gasteiger partial charge in [0.25, 0.3) is 11.1 Å². The number of imide groups is 1. The number of nitrogens with zero attached hydrogens (tertiary/aromatic N) is 2. The van der Waals surface area contributed by atoms with E-state index < -0.39 is 39.2 Å². The quantitative estimate of drug-likeness (QED) is 0.101. The van der Waals surface area contributed by atoms with Gasteiger partial charge in [0, 0.05) is 11.5 Å². The number of nitro benzene ring substituents is 1. The molecule has 0 aliphatic carbocycles. The first-order chi connectivity index (χ1) is 20.4. The number of fused-ring (bicyclic) bond motifs is 1. The lowest BCUT2D eigenvalue weighted by molar-refractivity contribution is -0.385. The molecular formula is C29H17Br2F3N2O6S. The molecule has 14 heteroatoms. The molecule has 1 heterocycles. The molecule has 0 bridgehead atoms. The van der Waals surface area contributed by atoms with Crippen LogP contribution in [0.5, 0.6) is 17.2 Å². The Bertz CT molecular complexity index is 1790. The third kappa shape index (κ3) is 6.71. The lowest BCUT2D eigenvalue weighted by atomic mass is 10.1. The summed E-state index contributed by atoms with van der Waals surface area (Å²) in [5.74, 6) is -0.207. The average molecular weight is 738 g/mol. The summed E-state index contributed by atoms with van der Waals surface area (Å²) in [5, 5.41) is 12.9. The molecule has 220 valence electrons. The van der Waals surface area contributed by atoms with Gasteiger partial charge in [0.1, 0.15) is 12.4 Å². The second-order valence-electron chi connectivity index (χ2n) is 9.01. The molecule has 1 aliphatic heterocycles. The van der Waals surface area contributed by atoms with E-state index in [0.717, 1.165) is 33.5 Å². The summed E-state index contributed by atoms with van der Waals surface area (Å²) in [4.78, 5) is 37.4. The molecule has 0 spiro atoms. The monoisotopic (exact) mass is 736 g/mol. The van der Waals surface area contributed by atoms with Crippen molar-refractivity contribution in [3.63, 3.8) is 0 Å². The van der Waals surface area contributed by atoms with Crippen LogP contribution < -0.4 is 9.47 Å². The van der Waals surface area contributed by atoms with E-state index in [-0.39, 0.29) is 32.8 Å². The van der Waals surface area contributed by atoms with Gasteiger partial charge >= 0.3 is 11.9 Å². The van der Waals surface area contributed by atoms with Crippen molar-refractivity contribution in [2.45, 2.75) is 6.18 Å². The van der Waals surface area contributed by atoms with Crippen molar-refractivity contribution in [1.82, 2.24) is 4.90 Å². The molecule has 0 radical (unpaired) electrons. The summed E-state index contributed by atoms with van der Waals surface area (Å²) in [6.07, 6.45) is -3.27. The molecule has 43 heavy (non-hydrogen) atoms. The van der Waals surface area contributed by atoms with Crippen molar-refractivity contribution in [2.75, 3.05) is 13.2 Å². The number of thioether (sulfide) groups is 1. The SMILES string of the molecule is O=C1S/C(=C\c2cc(Br)c(Oc3ccc(C(F)(F)F)cc3[N+](=O)[O-])c(Br)c2)C(=O)N1CCOc1cccc2ccccc12. The van der Waals surface area contributed by atoms with E-state index in [9.17, 15) is 32.9 Å². The zero-order valence-corrected chi connectivity index (χ0v) is 25.6. The number of hydrogen-bond donors (Lipinski definition) is 0. The second-order valence-corrected chi connectivity index (χ2v) is 11.7. The van der Waals surface area contributed by atoms with Crippen molar-refractivity contribution < 1.29 is 37.2 Å². The van der Waals surface area contributed by atoms with Gasteiger partial charge in [0.2, 0.25) is 5.75 Å². The van der Waals surface area contributed by atoms with Crippen LogP contribution in [0.1, 0.15) is 11.1 Å². The Balaban J connectivity index is 1.30. The van der Waals surface area contributed by atoms with Gasteiger partial charge in [-0.3, -0.25) is 24.6 Å². The summed E-state index contributed by atoms with van der Waals surface area (Å²) in [6.45, 7) is 0.135. The van der Waals surface area contributed by atoms with Gasteiger partial charge in [-0.25, -0.2) is 0 Å². The van der Waals surface area contributed by atoms with Gasteiger partial charge in [0.15, 0.2) is 5.75 Å². The van der Waals surface area contributed by atoms with E-state index in [1.165, 1.54) is 18.2 Å². The van der Waals surface area contributed by atoms with Crippen LogP contribution in [-0.4, -0.2) is 34.1 Å². The number of alkyl halides is 3. The van der Waals surface area contributed by atoms with Crippen LogP contribution in [0.15, 0.2) is 86.6 Å². The molecule has 4 aromatic carbocycles. The Kier molecular flexibility index (Phi) is 8.81. The number of carbonyl (C=O) groups is 2. The van der Waals surface area contributed by atoms with E-state index in [1.807, 2.05) is 42.5 Å². The highest BCUT2D eigenvalue weighted by Crippen LogP contribution is 2.43. The first-order valence-corrected chi connectivity index (χ1v) is 14.7. The van der Waals surface area contributed by atoms with Gasteiger partial charge < -0.3 is 9.47 Å². The van der Waals surface area contributed by atoms with Crippen LogP contribution in [0.3, 0.4) is 0 Å². The maximum atomic E-state index is 13.0. The van der Waals surface area contributed by atoms with Crippen molar-refractivity contribution in [2.24, 2.45) is 0 Å². The smallest absolute Gasteiger partial charge is 0.416 e. The lowest BCUT2D eigenvalue weighted by Gasteiger charge is -2.14. The molecule has 0 saturated carbocycles. The number of halogens is 5. The summed E-state index contributed by atoms with van der Waals surface area (Å²) in [5.41, 5.74) is -1.57. The second kappa shape index (κ2) is 12.4. The normalized spacial score (nSPS) is 14.5. The van der Waals surface area contributed by atoms with Crippen molar-refractivity contribution in [3.05, 3.63) is 108 Å². The highest BCUT2D eigenvalue weighted by molar-refractivity contribution is 9.11. The first kappa shape index (κ1) is 30.6. The minimum Gasteiger partial charge on any atom is -0.491 e. The summed E-state index contributed by atoms with van der Waals surface area (Å²) >= 11 is 7.38. The van der Waals surface area contributed by atoms with Crippen LogP contribution in [0.2, 0.25) is 0 Å². The summed E-state index contributed by atoms with van der Waals surface area (Å²) < 4.78 is 51.2. The highest BCUT2D eigenvalue weighted by atomic mass is 79.9. The zero-order valence-electron chi connectivity index (χ0n) is 21.6. The van der Waals surface area contributed by atoms with Crippen LogP contribution in [-0.2, 0) is 11.0 Å². The van der Waals surface area contributed by atoms with E-state index >= 15 is 0 Å². The maximum absolute atomic E-state index is 13.0. The molecule has 0 aromatic heterocycles. The van der Waals surface area contributed by atoms with E-state index in [2.05, 4.69) is 31.9 Å². The molecule has 0 unspecified atom stereocenters. The van der Waals surface area contributed by atoms with Crippen LogP contribution >= 0.6 is 43.6 Å². The summed E-state index contributed by atoms with van der Waals surface area (Å²) in [7, 11) is 0. The van der Waals surface area contributed by atoms with Gasteiger partial charge in [0.05, 0.1) is 30.9 Å². The largest absolute Gasteiger partial charge is 0.491 e. The minimum absolute atomic E-state index is 0.0390. The van der Waals surface area contributed by atoms with Gasteiger partial charge in [-0.2, -0.15) is 13.2 Å². The topological polar surface area (TPSA) is 99.0 Å². The number of carbonyl (C=O) groups excluding carboxylic acids is 2. The Morgan fingerprint density at radius 1 is 0.953 bits per heavy atom. The van der Waals surface area contributed by atoms with E-state index in [4.69, 9.17) is 9.47 Å². The summed E-state index contributed by atoms with van der Waals surface area (Å²) in [6, 6.07) is 18.3. The van der Waals surface area contributed by atoms with Gasteiger partial charge in [-0.05, 0) is 91.0 Å². The standard InChI is InChI=1S/C29H17Br2F3N2O6S/c30-20-12-16(13-21(31)26(20)42-24-9-8-18(29(32,33)34)15-22(24)36(39)40)14-25-27(37)35(28(38)43-25)10-11-41-23-7-3-5-17-4-1-2-6-19(17)23/h1-9,12-15H,10-11H2/b25-14-. The van der Waals surface area contributed by atoms with E-state index in [1.54, 1.807) is 0 Å². The van der Waals surface area contributed by atoms with Crippen LogP contribution in [0.25, 0.3) is 16.8 Å². The molecule has 1 saturated heterocycles. The van der Waals surface area contributed by atoms with Gasteiger partial charge in [-0.15, -0.1) is 0 Å². The predicted octanol–water partition coefficient (Wildman–Crippen LogP) is 9.20. The number of nitro groups is 1. The molecular weight excluding hydrogens is 721 g/mol. The fourth-order valence-electron chi connectivity index (χ4n) is 4.21. The molecule has 1 fully saturated rings. The maximum Gasteiger partial charge on any atom is 0.416 e. The Hall–Kier alpha value is -3.88. The van der Waals surface area contributed by atoms with Crippen molar-refractivity contribution in [1.29, 1.82) is 0 Å². The first-order valence-electron chi connectivity index (χ1n) is 12.3. The van der Waals surface area contributed by atoms with E-state index in [0.29, 0.717) is 23.4 Å². The van der Waals surface area contributed by atoms with Crippen LogP contribution in [0.4, 0.5) is 23.7 Å². The molecule has 4 aromatic rings. The minimum atomic E-state index is -4.77. The number of rotatable bonds is 8. The highest BCUT2D eigenvalue weighted by Gasteiger charge is 2.35. The molecule has 1 aliphatic rings. The number of ether oxygens (including phenoxy) is 2. The number of benzene rings is 4. The predicted molar refractivity (Wildman–Crippen MR) is 162 cm³/mol. The third-order valence-corrected chi connectivity index (χ3v) is 8.29. The molecule has 5 rings (SSSR count). The number of hydrogen-bond acceptors (Lipinski definition) is 7. The third-order valence-electron chi connectivity index (χ3n) is 6.21. The van der Waals surface area contributed by atoms with Gasteiger partial charge in [-0.1, -0.05) is 36.4 Å². The number of amides is 2. The molecule has 2 amide bonds. The molecule has 0 N–H and O–H groups in total. The lowest BCUT2D eigenvalue weighted by Crippen LogP contribution is -2.32. The van der Waals surface area contributed by atoms with Crippen LogP contribution in [0, 0.1) is 10.1 Å². The zero-order chi connectivity index (χ0) is 30.9. The molecule has 8 nitrogen and oxygen atoms in total. The Morgan fingerprint density at radius 2 is 1.65 bits per heavy atom. The fraction of sp³-hybridized carbons (Fsp3) is 0.103. The Labute approximate surface area is 262 Å². The molecule has 0 atom stereocenters. The average Bonchev–Trinajstić information content (AvgIpc) is 3.21. The van der Waals surface area contributed by atoms with Crippen molar-refractivity contribution >= 4 is 77.3 Å². The van der Waals surface area contributed by atoms with Crippen molar-refractivity contribution in [3.8, 4) is 17.2 Å². The Morgan fingerprint density at radius 3 is 2.35 bits per heavy atom.